The Morgan fingerprint density at radius 1 is 1.12 bits per heavy atom. The fraction of sp³-hybridized carbons (Fsp3) is 0.250. The Hall–Kier alpha value is -3.15. The molecule has 0 unspecified atom stereocenters. The molecule has 0 bridgehead atoms. The van der Waals surface area contributed by atoms with E-state index in [1.165, 1.54) is 0 Å². The Balaban J connectivity index is 1.33. The van der Waals surface area contributed by atoms with Crippen LogP contribution in [-0.2, 0) is 16.1 Å². The summed E-state index contributed by atoms with van der Waals surface area (Å²) < 4.78 is 1.70. The Kier molecular flexibility index (Phi) is 4.39. The van der Waals surface area contributed by atoms with Crippen molar-refractivity contribution in [2.45, 2.75) is 13.0 Å². The smallest absolute Gasteiger partial charge is 0.241 e. The summed E-state index contributed by atoms with van der Waals surface area (Å²) >= 11 is 0. The predicted molar refractivity (Wildman–Crippen MR) is 99.6 cm³/mol. The summed E-state index contributed by atoms with van der Waals surface area (Å²) in [6.07, 6.45) is 2.22. The van der Waals surface area contributed by atoms with E-state index < -0.39 is 0 Å². The number of benzene rings is 2. The molecule has 1 atom stereocenters. The molecule has 2 aromatic carbocycles. The summed E-state index contributed by atoms with van der Waals surface area (Å²) in [4.78, 5) is 26.3. The van der Waals surface area contributed by atoms with Crippen molar-refractivity contribution in [2.75, 3.05) is 18.0 Å². The summed E-state index contributed by atoms with van der Waals surface area (Å²) in [6, 6.07) is 17.4. The number of hydrogen-bond donors (Lipinski definition) is 1. The number of para-hydroxylation sites is 2. The van der Waals surface area contributed by atoms with Crippen LogP contribution in [0.25, 0.3) is 10.9 Å². The maximum atomic E-state index is 12.3. The van der Waals surface area contributed by atoms with Crippen molar-refractivity contribution < 1.29 is 9.59 Å². The van der Waals surface area contributed by atoms with Gasteiger partial charge in [-0.05, 0) is 18.2 Å². The minimum Gasteiger partial charge on any atom is -0.354 e. The van der Waals surface area contributed by atoms with E-state index in [4.69, 9.17) is 0 Å². The zero-order chi connectivity index (χ0) is 17.9. The molecular formula is C20H20N4O2. The quantitative estimate of drug-likeness (QED) is 0.769. The van der Waals surface area contributed by atoms with E-state index in [1.807, 2.05) is 54.6 Å². The fourth-order valence-corrected chi connectivity index (χ4v) is 3.38. The average molecular weight is 348 g/mol. The standard InChI is InChI=1S/C20H20N4O2/c25-19(14-24-18-9-5-4-6-16(18)12-22-24)21-11-15-10-20(26)23(13-15)17-7-2-1-3-8-17/h1-9,12,15H,10-11,13-14H2,(H,21,25)/t15-/m0/s1. The highest BCUT2D eigenvalue weighted by atomic mass is 16.2. The van der Waals surface area contributed by atoms with E-state index in [1.54, 1.807) is 15.8 Å². The second-order valence-corrected chi connectivity index (χ2v) is 6.58. The molecule has 1 aliphatic heterocycles. The largest absolute Gasteiger partial charge is 0.354 e. The van der Waals surface area contributed by atoms with Gasteiger partial charge in [-0.3, -0.25) is 14.3 Å². The summed E-state index contributed by atoms with van der Waals surface area (Å²) in [6.45, 7) is 1.30. The van der Waals surface area contributed by atoms with E-state index in [-0.39, 0.29) is 24.3 Å². The Morgan fingerprint density at radius 2 is 1.88 bits per heavy atom. The van der Waals surface area contributed by atoms with E-state index in [0.29, 0.717) is 19.5 Å². The van der Waals surface area contributed by atoms with Crippen molar-refractivity contribution in [3.8, 4) is 0 Å². The first-order valence-electron chi connectivity index (χ1n) is 8.73. The summed E-state index contributed by atoms with van der Waals surface area (Å²) in [5.41, 5.74) is 1.85. The van der Waals surface area contributed by atoms with Crippen LogP contribution in [0.4, 0.5) is 5.69 Å². The normalized spacial score (nSPS) is 17.0. The predicted octanol–water partition coefficient (Wildman–Crippen LogP) is 2.21. The lowest BCUT2D eigenvalue weighted by molar-refractivity contribution is -0.122. The fourth-order valence-electron chi connectivity index (χ4n) is 3.38. The third-order valence-corrected chi connectivity index (χ3v) is 4.71. The molecule has 0 spiro atoms. The monoisotopic (exact) mass is 348 g/mol. The zero-order valence-electron chi connectivity index (χ0n) is 14.3. The molecule has 0 aliphatic carbocycles. The topological polar surface area (TPSA) is 67.2 Å². The van der Waals surface area contributed by atoms with Gasteiger partial charge in [-0.25, -0.2) is 0 Å². The minimum atomic E-state index is -0.0931. The highest BCUT2D eigenvalue weighted by Gasteiger charge is 2.30. The number of carbonyl (C=O) groups is 2. The SMILES string of the molecule is O=C(Cn1ncc2ccccc21)NC[C@@H]1CC(=O)N(c2ccccc2)C1. The highest BCUT2D eigenvalue weighted by Crippen LogP contribution is 2.24. The van der Waals surface area contributed by atoms with Crippen LogP contribution >= 0.6 is 0 Å². The number of carbonyl (C=O) groups excluding carboxylic acids is 2. The Labute approximate surface area is 151 Å². The molecule has 132 valence electrons. The molecule has 0 saturated carbocycles. The molecule has 1 aliphatic rings. The molecule has 1 fully saturated rings. The summed E-state index contributed by atoms with van der Waals surface area (Å²) in [5.74, 6) is 0.138. The van der Waals surface area contributed by atoms with Crippen molar-refractivity contribution in [2.24, 2.45) is 5.92 Å². The van der Waals surface area contributed by atoms with Gasteiger partial charge in [0, 0.05) is 36.5 Å². The van der Waals surface area contributed by atoms with Gasteiger partial charge in [0.15, 0.2) is 0 Å². The van der Waals surface area contributed by atoms with Gasteiger partial charge < -0.3 is 10.2 Å². The Bertz CT molecular complexity index is 935. The third kappa shape index (κ3) is 3.31. The van der Waals surface area contributed by atoms with Crippen LogP contribution in [0.2, 0.25) is 0 Å². The first-order chi connectivity index (χ1) is 12.7. The van der Waals surface area contributed by atoms with E-state index in [2.05, 4.69) is 10.4 Å². The molecule has 26 heavy (non-hydrogen) atoms. The average Bonchev–Trinajstić information content (AvgIpc) is 3.24. The van der Waals surface area contributed by atoms with E-state index in [0.717, 1.165) is 16.6 Å². The van der Waals surface area contributed by atoms with Gasteiger partial charge in [-0.2, -0.15) is 5.10 Å². The Morgan fingerprint density at radius 3 is 2.73 bits per heavy atom. The number of aromatic nitrogens is 2. The zero-order valence-corrected chi connectivity index (χ0v) is 14.3. The molecule has 0 radical (unpaired) electrons. The highest BCUT2D eigenvalue weighted by molar-refractivity contribution is 5.95. The van der Waals surface area contributed by atoms with E-state index in [9.17, 15) is 9.59 Å². The van der Waals surface area contributed by atoms with Gasteiger partial charge in [0.2, 0.25) is 11.8 Å². The first-order valence-corrected chi connectivity index (χ1v) is 8.73. The molecule has 1 saturated heterocycles. The van der Waals surface area contributed by atoms with E-state index >= 15 is 0 Å². The van der Waals surface area contributed by atoms with Crippen LogP contribution in [-0.4, -0.2) is 34.7 Å². The second-order valence-electron chi connectivity index (χ2n) is 6.58. The van der Waals surface area contributed by atoms with Crippen LogP contribution in [0.3, 0.4) is 0 Å². The van der Waals surface area contributed by atoms with Crippen molar-refractivity contribution in [3.05, 3.63) is 60.8 Å². The summed E-state index contributed by atoms with van der Waals surface area (Å²) in [5, 5.41) is 8.23. The van der Waals surface area contributed by atoms with Crippen molar-refractivity contribution in [1.82, 2.24) is 15.1 Å². The summed E-state index contributed by atoms with van der Waals surface area (Å²) in [7, 11) is 0. The minimum absolute atomic E-state index is 0.0931. The maximum absolute atomic E-state index is 12.3. The first kappa shape index (κ1) is 16.3. The lowest BCUT2D eigenvalue weighted by Gasteiger charge is -2.16. The van der Waals surface area contributed by atoms with Crippen molar-refractivity contribution in [3.63, 3.8) is 0 Å². The number of anilines is 1. The van der Waals surface area contributed by atoms with Gasteiger partial charge in [0.1, 0.15) is 6.54 Å². The van der Waals surface area contributed by atoms with Crippen LogP contribution in [0, 0.1) is 5.92 Å². The molecule has 1 aromatic heterocycles. The van der Waals surface area contributed by atoms with Gasteiger partial charge in [0.05, 0.1) is 11.7 Å². The molecule has 2 amide bonds. The molecule has 4 rings (SSSR count). The molecule has 1 N–H and O–H groups in total. The van der Waals surface area contributed by atoms with Gasteiger partial charge >= 0.3 is 0 Å². The van der Waals surface area contributed by atoms with Gasteiger partial charge in [0.25, 0.3) is 0 Å². The number of hydrogen-bond acceptors (Lipinski definition) is 3. The third-order valence-electron chi connectivity index (χ3n) is 4.71. The molecule has 2 heterocycles. The van der Waals surface area contributed by atoms with Gasteiger partial charge in [-0.15, -0.1) is 0 Å². The molecule has 3 aromatic rings. The number of amides is 2. The van der Waals surface area contributed by atoms with Crippen LogP contribution in [0.1, 0.15) is 6.42 Å². The number of fused-ring (bicyclic) bond motifs is 1. The second kappa shape index (κ2) is 7.00. The van der Waals surface area contributed by atoms with Gasteiger partial charge in [-0.1, -0.05) is 36.4 Å². The molecule has 6 nitrogen and oxygen atoms in total. The molecule has 6 heteroatoms. The maximum Gasteiger partial charge on any atom is 0.241 e. The number of rotatable bonds is 5. The van der Waals surface area contributed by atoms with Crippen LogP contribution in [0.15, 0.2) is 60.8 Å². The molecular weight excluding hydrogens is 328 g/mol. The lowest BCUT2D eigenvalue weighted by Crippen LogP contribution is -2.33. The number of nitrogens with zero attached hydrogens (tertiary/aromatic N) is 3. The lowest BCUT2D eigenvalue weighted by atomic mass is 10.1. The number of nitrogens with one attached hydrogen (secondary N) is 1. The van der Waals surface area contributed by atoms with Crippen LogP contribution < -0.4 is 10.2 Å². The van der Waals surface area contributed by atoms with Crippen LogP contribution in [0.5, 0.6) is 0 Å². The van der Waals surface area contributed by atoms with Crippen molar-refractivity contribution >= 4 is 28.4 Å². The van der Waals surface area contributed by atoms with Crippen molar-refractivity contribution in [1.29, 1.82) is 0 Å².